The summed E-state index contributed by atoms with van der Waals surface area (Å²) in [5, 5.41) is 12.3. The zero-order valence-electron chi connectivity index (χ0n) is 16.7. The maximum absolute atomic E-state index is 14.8. The molecule has 0 bridgehead atoms. The number of cyclic esters (lactones) is 1. The van der Waals surface area contributed by atoms with Gasteiger partial charge in [0.2, 0.25) is 5.82 Å². The molecule has 4 N–H and O–H groups in total. The van der Waals surface area contributed by atoms with E-state index < -0.39 is 11.9 Å². The lowest BCUT2D eigenvalue weighted by Crippen LogP contribution is -3.05. The highest BCUT2D eigenvalue weighted by atomic mass is 19.1. The van der Waals surface area contributed by atoms with Crippen LogP contribution in [0.2, 0.25) is 0 Å². The van der Waals surface area contributed by atoms with Crippen LogP contribution in [0.5, 0.6) is 0 Å². The van der Waals surface area contributed by atoms with Crippen LogP contribution in [-0.4, -0.2) is 64.6 Å². The molecule has 1 fully saturated rings. The third kappa shape index (κ3) is 3.98. The molecular formula is C19H23FN8O2+2. The van der Waals surface area contributed by atoms with Crippen molar-refractivity contribution in [2.75, 3.05) is 32.1 Å². The van der Waals surface area contributed by atoms with E-state index >= 15 is 0 Å². The number of ether oxygens (including phenoxy) is 1. The Morgan fingerprint density at radius 3 is 2.77 bits per heavy atom. The molecule has 0 radical (unpaired) electrons. The first-order valence-corrected chi connectivity index (χ1v) is 9.55. The number of hydrogen-bond acceptors (Lipinski definition) is 6. The number of carbonyl (C=O) groups is 1. The van der Waals surface area contributed by atoms with Gasteiger partial charge in [-0.2, -0.15) is 0 Å². The van der Waals surface area contributed by atoms with Crippen molar-refractivity contribution in [2.24, 2.45) is 0 Å². The van der Waals surface area contributed by atoms with Crippen molar-refractivity contribution in [2.45, 2.75) is 12.8 Å². The number of hydrogen-bond donors (Lipinski definition) is 2. The normalized spacial score (nSPS) is 16.4. The predicted molar refractivity (Wildman–Crippen MR) is 105 cm³/mol. The summed E-state index contributed by atoms with van der Waals surface area (Å²) in [4.78, 5) is 20.4. The molecule has 0 unspecified atom stereocenters. The zero-order chi connectivity index (χ0) is 21.3. The van der Waals surface area contributed by atoms with Gasteiger partial charge in [-0.3, -0.25) is 9.88 Å². The lowest BCUT2D eigenvalue weighted by molar-refractivity contribution is -0.884. The predicted octanol–water partition coefficient (Wildman–Crippen LogP) is -0.790. The molecule has 30 heavy (non-hydrogen) atoms. The molecule has 0 saturated carbocycles. The maximum Gasteiger partial charge on any atom is 0.414 e. The van der Waals surface area contributed by atoms with Gasteiger partial charge in [0.15, 0.2) is 12.8 Å². The van der Waals surface area contributed by atoms with E-state index in [1.165, 1.54) is 15.8 Å². The molecule has 1 atom stereocenters. The fraction of sp³-hybridized carbons (Fsp3) is 0.316. The summed E-state index contributed by atoms with van der Waals surface area (Å²) in [6.45, 7) is 1.42. The first-order chi connectivity index (χ1) is 14.4. The summed E-state index contributed by atoms with van der Waals surface area (Å²) >= 11 is 0. The number of pyridine rings is 1. The number of tetrazole rings is 1. The fourth-order valence-electron chi connectivity index (χ4n) is 3.17. The number of anilines is 1. The minimum Gasteiger partial charge on any atom is -0.438 e. The van der Waals surface area contributed by atoms with Crippen LogP contribution in [0.15, 0.2) is 36.5 Å². The molecular weight excluding hydrogens is 391 g/mol. The maximum atomic E-state index is 14.8. The monoisotopic (exact) mass is 414 g/mol. The molecule has 4 rings (SSSR count). The van der Waals surface area contributed by atoms with Gasteiger partial charge in [-0.15, -0.1) is 15.0 Å². The number of quaternary nitrogens is 2. The number of amides is 1. The summed E-state index contributed by atoms with van der Waals surface area (Å²) in [6.07, 6.45) is 0.801. The highest BCUT2D eigenvalue weighted by Crippen LogP contribution is 2.29. The van der Waals surface area contributed by atoms with Crippen molar-refractivity contribution >= 4 is 11.8 Å². The molecule has 156 valence electrons. The standard InChI is InChI=1S/C19H21FN8O2/c1-26(2)11-28-24-18(23-25-28)17-6-3-12(9-22-17)15-5-4-13(7-16(15)20)27-10-14(8-21)30-19(27)29/h3-7,9,14H,8,10-11,21H2,1-2H3/p+2/t14-/m0/s1. The summed E-state index contributed by atoms with van der Waals surface area (Å²) < 4.78 is 20.0. The second-order valence-electron chi connectivity index (χ2n) is 7.35. The summed E-state index contributed by atoms with van der Waals surface area (Å²) in [7, 11) is 3.98. The van der Waals surface area contributed by atoms with E-state index in [0.29, 0.717) is 48.1 Å². The molecule has 11 heteroatoms. The van der Waals surface area contributed by atoms with E-state index in [0.717, 1.165) is 4.90 Å². The number of nitrogens with one attached hydrogen (secondary N) is 1. The van der Waals surface area contributed by atoms with Gasteiger partial charge in [-0.25, -0.2) is 9.18 Å². The lowest BCUT2D eigenvalue weighted by atomic mass is 10.1. The molecule has 1 aromatic carbocycles. The van der Waals surface area contributed by atoms with Crippen molar-refractivity contribution < 1.29 is 24.6 Å². The molecule has 2 aromatic heterocycles. The Bertz CT molecular complexity index is 1050. The zero-order valence-corrected chi connectivity index (χ0v) is 16.7. The fourth-order valence-corrected chi connectivity index (χ4v) is 3.17. The van der Waals surface area contributed by atoms with E-state index in [2.05, 4.69) is 26.1 Å². The van der Waals surface area contributed by atoms with Crippen molar-refractivity contribution in [1.29, 1.82) is 0 Å². The smallest absolute Gasteiger partial charge is 0.414 e. The molecule has 3 heterocycles. The number of rotatable bonds is 6. The number of aromatic nitrogens is 5. The van der Waals surface area contributed by atoms with Gasteiger partial charge in [0.05, 0.1) is 26.3 Å². The first kappa shape index (κ1) is 19.9. The number of carbonyl (C=O) groups excluding carboxylic acids is 1. The Morgan fingerprint density at radius 1 is 1.30 bits per heavy atom. The summed E-state index contributed by atoms with van der Waals surface area (Å²) in [5.74, 6) is -0.0444. The van der Waals surface area contributed by atoms with Gasteiger partial charge in [0, 0.05) is 17.3 Å². The summed E-state index contributed by atoms with van der Waals surface area (Å²) in [5.41, 5.74) is 5.73. The second-order valence-corrected chi connectivity index (χ2v) is 7.35. The van der Waals surface area contributed by atoms with Crippen molar-refractivity contribution in [1.82, 2.24) is 25.2 Å². The number of benzene rings is 1. The van der Waals surface area contributed by atoms with E-state index in [-0.39, 0.29) is 6.10 Å². The van der Waals surface area contributed by atoms with Crippen molar-refractivity contribution in [3.05, 3.63) is 42.3 Å². The van der Waals surface area contributed by atoms with Crippen LogP contribution < -0.4 is 15.5 Å². The van der Waals surface area contributed by atoms with Gasteiger partial charge < -0.3 is 15.4 Å². The van der Waals surface area contributed by atoms with Crippen LogP contribution in [0.4, 0.5) is 14.9 Å². The molecule has 3 aromatic rings. The quantitative estimate of drug-likeness (QED) is 0.546. The van der Waals surface area contributed by atoms with E-state index in [1.54, 1.807) is 30.5 Å². The largest absolute Gasteiger partial charge is 0.438 e. The van der Waals surface area contributed by atoms with Crippen LogP contribution in [-0.2, 0) is 11.4 Å². The SMILES string of the molecule is C[NH+](C)Cn1nnc(-c2ccc(-c3ccc(N4C[C@H](C[NH3+])OC4=O)cc3F)cn2)n1. The lowest BCUT2D eigenvalue weighted by Gasteiger charge is -2.14. The average molecular weight is 414 g/mol. The highest BCUT2D eigenvalue weighted by molar-refractivity contribution is 5.90. The van der Waals surface area contributed by atoms with E-state index in [4.69, 9.17) is 4.74 Å². The Hall–Kier alpha value is -3.44. The van der Waals surface area contributed by atoms with Crippen molar-refractivity contribution in [3.8, 4) is 22.6 Å². The van der Waals surface area contributed by atoms with E-state index in [9.17, 15) is 9.18 Å². The number of halogens is 1. The Balaban J connectivity index is 1.53. The second kappa shape index (κ2) is 8.13. The highest BCUT2D eigenvalue weighted by Gasteiger charge is 2.32. The van der Waals surface area contributed by atoms with Crippen molar-refractivity contribution in [3.63, 3.8) is 0 Å². The minimum atomic E-state index is -0.488. The van der Waals surface area contributed by atoms with Gasteiger partial charge in [0.1, 0.15) is 18.1 Å². The topological polar surface area (TPSA) is 118 Å². The molecule has 10 nitrogen and oxygen atoms in total. The van der Waals surface area contributed by atoms with E-state index in [1.807, 2.05) is 14.1 Å². The molecule has 1 saturated heterocycles. The molecule has 0 aliphatic carbocycles. The number of nitrogens with zero attached hydrogens (tertiary/aromatic N) is 6. The summed E-state index contributed by atoms with van der Waals surface area (Å²) in [6, 6.07) is 8.12. The Kier molecular flexibility index (Phi) is 5.38. The Morgan fingerprint density at radius 2 is 2.13 bits per heavy atom. The molecule has 1 amide bonds. The van der Waals surface area contributed by atoms with Crippen LogP contribution in [0.25, 0.3) is 22.6 Å². The van der Waals surface area contributed by atoms with Crippen LogP contribution in [0.1, 0.15) is 0 Å². The molecule has 0 spiro atoms. The van der Waals surface area contributed by atoms with Crippen LogP contribution >= 0.6 is 0 Å². The van der Waals surface area contributed by atoms with Gasteiger partial charge in [-0.05, 0) is 29.5 Å². The van der Waals surface area contributed by atoms with Gasteiger partial charge in [-0.1, -0.05) is 6.07 Å². The first-order valence-electron chi connectivity index (χ1n) is 9.55. The van der Waals surface area contributed by atoms with Gasteiger partial charge in [0.25, 0.3) is 0 Å². The Labute approximate surface area is 172 Å². The van der Waals surface area contributed by atoms with Gasteiger partial charge >= 0.3 is 6.09 Å². The van der Waals surface area contributed by atoms with Crippen LogP contribution in [0, 0.1) is 5.82 Å². The molecule has 1 aliphatic heterocycles. The average Bonchev–Trinajstić information content (AvgIpc) is 3.34. The minimum absolute atomic E-state index is 0.275. The molecule has 1 aliphatic rings. The third-order valence-corrected chi connectivity index (χ3v) is 4.67. The van der Waals surface area contributed by atoms with Crippen LogP contribution in [0.3, 0.4) is 0 Å². The third-order valence-electron chi connectivity index (χ3n) is 4.67.